The third kappa shape index (κ3) is 3.91. The monoisotopic (exact) mass is 332 g/mol. The van der Waals surface area contributed by atoms with Crippen LogP contribution >= 0.6 is 11.3 Å². The van der Waals surface area contributed by atoms with Crippen molar-refractivity contribution in [3.8, 4) is 0 Å². The van der Waals surface area contributed by atoms with Gasteiger partial charge in [0.05, 0.1) is 13.0 Å². The number of hydrogen-bond acceptors (Lipinski definition) is 4. The number of rotatable bonds is 6. The lowest BCUT2D eigenvalue weighted by Gasteiger charge is -2.37. The summed E-state index contributed by atoms with van der Waals surface area (Å²) >= 11 is 1.70. The molecule has 0 radical (unpaired) electrons. The molecule has 124 valence electrons. The van der Waals surface area contributed by atoms with Crippen LogP contribution in [0.25, 0.3) is 10.1 Å². The second-order valence-corrected chi connectivity index (χ2v) is 7.30. The SMILES string of the molecule is COCC1(CNC(=O)Cc2csc3ccccc23)CCNCC1. The van der Waals surface area contributed by atoms with E-state index in [9.17, 15) is 4.79 Å². The predicted molar refractivity (Wildman–Crippen MR) is 95.0 cm³/mol. The number of piperidine rings is 1. The Morgan fingerprint density at radius 2 is 2.13 bits per heavy atom. The van der Waals surface area contributed by atoms with E-state index in [1.54, 1.807) is 18.4 Å². The fourth-order valence-electron chi connectivity index (χ4n) is 3.33. The third-order valence-electron chi connectivity index (χ3n) is 4.69. The summed E-state index contributed by atoms with van der Waals surface area (Å²) in [6, 6.07) is 8.26. The Labute approximate surface area is 141 Å². The summed E-state index contributed by atoms with van der Waals surface area (Å²) in [5, 5.41) is 9.81. The molecule has 2 N–H and O–H groups in total. The van der Waals surface area contributed by atoms with Crippen molar-refractivity contribution in [1.82, 2.24) is 10.6 Å². The minimum absolute atomic E-state index is 0.0758. The summed E-state index contributed by atoms with van der Waals surface area (Å²) in [6.07, 6.45) is 2.54. The fraction of sp³-hybridized carbons (Fsp3) is 0.500. The van der Waals surface area contributed by atoms with E-state index in [4.69, 9.17) is 4.74 Å². The van der Waals surface area contributed by atoms with Crippen molar-refractivity contribution in [3.63, 3.8) is 0 Å². The standard InChI is InChI=1S/C18H24N2O2S/c1-22-13-18(6-8-19-9-7-18)12-20-17(21)10-14-11-23-16-5-3-2-4-15(14)16/h2-5,11,19H,6-10,12-13H2,1H3,(H,20,21). The van der Waals surface area contributed by atoms with Crippen LogP contribution in [0, 0.1) is 5.41 Å². The molecule has 0 unspecified atom stereocenters. The lowest BCUT2D eigenvalue weighted by Crippen LogP contribution is -2.47. The smallest absolute Gasteiger partial charge is 0.224 e. The lowest BCUT2D eigenvalue weighted by atomic mass is 9.79. The molecule has 2 heterocycles. The molecule has 2 aromatic rings. The van der Waals surface area contributed by atoms with Crippen molar-refractivity contribution in [2.45, 2.75) is 19.3 Å². The number of methoxy groups -OCH3 is 1. The summed E-state index contributed by atoms with van der Waals surface area (Å²) in [5.74, 6) is 0.0996. The Morgan fingerprint density at radius 3 is 2.91 bits per heavy atom. The molecule has 1 aromatic heterocycles. The average Bonchev–Trinajstić information content (AvgIpc) is 2.98. The molecule has 1 aliphatic rings. The van der Waals surface area contributed by atoms with E-state index in [0.29, 0.717) is 19.6 Å². The highest BCUT2D eigenvalue weighted by atomic mass is 32.1. The molecule has 5 heteroatoms. The molecule has 0 bridgehead atoms. The zero-order valence-electron chi connectivity index (χ0n) is 13.6. The number of nitrogens with one attached hydrogen (secondary N) is 2. The fourth-order valence-corrected chi connectivity index (χ4v) is 4.29. The molecular formula is C18H24N2O2S. The van der Waals surface area contributed by atoms with Crippen molar-refractivity contribution in [3.05, 3.63) is 35.2 Å². The Hall–Kier alpha value is -1.43. The van der Waals surface area contributed by atoms with E-state index in [-0.39, 0.29) is 11.3 Å². The van der Waals surface area contributed by atoms with Crippen LogP contribution in [-0.2, 0) is 16.0 Å². The first-order valence-electron chi connectivity index (χ1n) is 8.14. The van der Waals surface area contributed by atoms with Gasteiger partial charge in [-0.1, -0.05) is 18.2 Å². The van der Waals surface area contributed by atoms with Crippen LogP contribution in [-0.4, -0.2) is 39.3 Å². The van der Waals surface area contributed by atoms with E-state index >= 15 is 0 Å². The second-order valence-electron chi connectivity index (χ2n) is 6.39. The van der Waals surface area contributed by atoms with E-state index in [1.165, 1.54) is 10.1 Å². The lowest BCUT2D eigenvalue weighted by molar-refractivity contribution is -0.121. The summed E-state index contributed by atoms with van der Waals surface area (Å²) in [7, 11) is 1.74. The van der Waals surface area contributed by atoms with Crippen LogP contribution in [0.4, 0.5) is 0 Å². The van der Waals surface area contributed by atoms with Gasteiger partial charge in [0.2, 0.25) is 5.91 Å². The molecular weight excluding hydrogens is 308 g/mol. The maximum atomic E-state index is 12.4. The maximum absolute atomic E-state index is 12.4. The van der Waals surface area contributed by atoms with Crippen molar-refractivity contribution in [2.75, 3.05) is 33.4 Å². The number of carbonyl (C=O) groups is 1. The average molecular weight is 332 g/mol. The highest BCUT2D eigenvalue weighted by Crippen LogP contribution is 2.29. The number of ether oxygens (including phenoxy) is 1. The number of benzene rings is 1. The van der Waals surface area contributed by atoms with Gasteiger partial charge >= 0.3 is 0 Å². The van der Waals surface area contributed by atoms with Gasteiger partial charge in [0.1, 0.15) is 0 Å². The number of thiophene rings is 1. The number of hydrogen-bond donors (Lipinski definition) is 2. The van der Waals surface area contributed by atoms with Crippen molar-refractivity contribution in [1.29, 1.82) is 0 Å². The molecule has 0 saturated carbocycles. The largest absolute Gasteiger partial charge is 0.384 e. The third-order valence-corrected chi connectivity index (χ3v) is 5.70. The van der Waals surface area contributed by atoms with Crippen LogP contribution in [0.2, 0.25) is 0 Å². The first kappa shape index (κ1) is 16.4. The summed E-state index contributed by atoms with van der Waals surface area (Å²) < 4.78 is 6.64. The molecule has 1 saturated heterocycles. The van der Waals surface area contributed by atoms with Gasteiger partial charge in [0.15, 0.2) is 0 Å². The van der Waals surface area contributed by atoms with Crippen LogP contribution in [0.5, 0.6) is 0 Å². The molecule has 1 fully saturated rings. The van der Waals surface area contributed by atoms with Crippen LogP contribution < -0.4 is 10.6 Å². The topological polar surface area (TPSA) is 50.4 Å². The second kappa shape index (κ2) is 7.43. The zero-order chi connectivity index (χ0) is 16.1. The molecule has 23 heavy (non-hydrogen) atoms. The van der Waals surface area contributed by atoms with Gasteiger partial charge in [-0.3, -0.25) is 4.79 Å². The number of amides is 1. The first-order chi connectivity index (χ1) is 11.2. The van der Waals surface area contributed by atoms with Gasteiger partial charge in [0.25, 0.3) is 0 Å². The number of carbonyl (C=O) groups excluding carboxylic acids is 1. The van der Waals surface area contributed by atoms with Gasteiger partial charge in [0, 0.05) is 23.8 Å². The molecule has 3 rings (SSSR count). The highest BCUT2D eigenvalue weighted by Gasteiger charge is 2.32. The van der Waals surface area contributed by atoms with Gasteiger partial charge < -0.3 is 15.4 Å². The quantitative estimate of drug-likeness (QED) is 0.855. The molecule has 1 aliphatic heterocycles. The Morgan fingerprint density at radius 1 is 1.35 bits per heavy atom. The van der Waals surface area contributed by atoms with E-state index in [2.05, 4.69) is 28.1 Å². The van der Waals surface area contributed by atoms with Gasteiger partial charge in [-0.05, 0) is 48.3 Å². The summed E-state index contributed by atoms with van der Waals surface area (Å²) in [5.41, 5.74) is 1.20. The van der Waals surface area contributed by atoms with Crippen molar-refractivity contribution >= 4 is 27.3 Å². The van der Waals surface area contributed by atoms with Crippen molar-refractivity contribution in [2.24, 2.45) is 5.41 Å². The van der Waals surface area contributed by atoms with E-state index in [0.717, 1.165) is 31.5 Å². The first-order valence-corrected chi connectivity index (χ1v) is 9.02. The molecule has 1 amide bonds. The van der Waals surface area contributed by atoms with E-state index in [1.807, 2.05) is 12.1 Å². The van der Waals surface area contributed by atoms with Crippen LogP contribution in [0.3, 0.4) is 0 Å². The molecule has 4 nitrogen and oxygen atoms in total. The van der Waals surface area contributed by atoms with Crippen LogP contribution in [0.15, 0.2) is 29.6 Å². The predicted octanol–water partition coefficient (Wildman–Crippen LogP) is 2.58. The van der Waals surface area contributed by atoms with E-state index < -0.39 is 0 Å². The van der Waals surface area contributed by atoms with Crippen molar-refractivity contribution < 1.29 is 9.53 Å². The normalized spacial score (nSPS) is 17.3. The summed E-state index contributed by atoms with van der Waals surface area (Å²) in [6.45, 7) is 3.39. The maximum Gasteiger partial charge on any atom is 0.224 e. The highest BCUT2D eigenvalue weighted by molar-refractivity contribution is 7.17. The Bertz CT molecular complexity index is 656. The molecule has 0 spiro atoms. The molecule has 0 atom stereocenters. The Kier molecular flexibility index (Phi) is 5.30. The van der Waals surface area contributed by atoms with Gasteiger partial charge in [-0.2, -0.15) is 0 Å². The minimum Gasteiger partial charge on any atom is -0.384 e. The molecule has 1 aromatic carbocycles. The zero-order valence-corrected chi connectivity index (χ0v) is 14.4. The Balaban J connectivity index is 1.60. The summed E-state index contributed by atoms with van der Waals surface area (Å²) in [4.78, 5) is 12.4. The minimum atomic E-state index is 0.0758. The van der Waals surface area contributed by atoms with Gasteiger partial charge in [-0.25, -0.2) is 0 Å². The van der Waals surface area contributed by atoms with Crippen LogP contribution in [0.1, 0.15) is 18.4 Å². The molecule has 0 aliphatic carbocycles. The van der Waals surface area contributed by atoms with Gasteiger partial charge in [-0.15, -0.1) is 11.3 Å². The number of fused-ring (bicyclic) bond motifs is 1.